The Hall–Kier alpha value is -11.4. The standard InChI is InChI=1S/C24H22N6O.2C23H22N6O/c1-15-9-18(7-8-25-15)29-13-21(28-14-29)17-5-6-20-22(10-17)30(23(31)24(20,3)4)19-11-26-16(2)27-12-19;1-15-11-17(7-9-24-15)28-13-19(25-14-28)16-5-6-18-20(12-16)29(22(30)23(18,2)3)21-8-10-27(4)26-21;1-15-10-24-8-7-19(15)28-11-18(25-14-28)16-5-6-17-20(9-16)29(22(30)23(17,2)3)21-12-27(4)13-26-21/h5-14H,1-4H3;2*5-14H,1-4H3. The van der Waals surface area contributed by atoms with Crippen molar-refractivity contribution in [2.45, 2.75) is 85.5 Å². The van der Waals surface area contributed by atoms with Crippen LogP contribution in [-0.4, -0.2) is 90.6 Å². The molecule has 3 aliphatic rings. The fourth-order valence-corrected chi connectivity index (χ4v) is 11.9. The summed E-state index contributed by atoms with van der Waals surface area (Å²) < 4.78 is 9.48. The molecule has 3 aromatic carbocycles. The number of aromatic nitrogens is 15. The second-order valence-corrected chi connectivity index (χ2v) is 24.7. The van der Waals surface area contributed by atoms with Gasteiger partial charge in [-0.25, -0.2) is 29.9 Å². The van der Waals surface area contributed by atoms with E-state index in [9.17, 15) is 14.4 Å². The number of carbonyl (C=O) groups excluding carboxylic acids is 3. The number of fused-ring (bicyclic) bond motifs is 3. The number of aryl methyl sites for hydroxylation is 6. The normalized spacial score (nSPS) is 14.9. The van der Waals surface area contributed by atoms with Crippen LogP contribution in [0.25, 0.3) is 50.8 Å². The molecular formula is C70H66N18O3. The van der Waals surface area contributed by atoms with E-state index < -0.39 is 16.2 Å². The Morgan fingerprint density at radius 3 is 1.31 bits per heavy atom. The highest BCUT2D eigenvalue weighted by Crippen LogP contribution is 2.49. The van der Waals surface area contributed by atoms with Crippen LogP contribution in [0.5, 0.6) is 0 Å². The first kappa shape index (κ1) is 58.7. The third-order valence-electron chi connectivity index (χ3n) is 17.1. The van der Waals surface area contributed by atoms with E-state index in [-0.39, 0.29) is 17.7 Å². The minimum Gasteiger partial charge on any atom is -0.338 e. The highest BCUT2D eigenvalue weighted by molar-refractivity contribution is 6.14. The van der Waals surface area contributed by atoms with Crippen molar-refractivity contribution in [1.29, 1.82) is 0 Å². The molecule has 9 aromatic heterocycles. The van der Waals surface area contributed by atoms with Gasteiger partial charge in [0.1, 0.15) is 5.82 Å². The summed E-state index contributed by atoms with van der Waals surface area (Å²) in [4.78, 5) is 84.3. The lowest BCUT2D eigenvalue weighted by atomic mass is 9.85. The molecule has 3 aliphatic heterocycles. The van der Waals surface area contributed by atoms with Gasteiger partial charge in [0.15, 0.2) is 11.6 Å². The monoisotopic (exact) mass is 1210 g/mol. The van der Waals surface area contributed by atoms with Crippen molar-refractivity contribution < 1.29 is 14.4 Å². The second kappa shape index (κ2) is 22.4. The molecule has 0 radical (unpaired) electrons. The molecule has 15 rings (SSSR count). The number of nitrogens with zero attached hydrogens (tertiary/aromatic N) is 18. The zero-order valence-electron chi connectivity index (χ0n) is 52.6. The number of hydrogen-bond acceptors (Lipinski definition) is 13. The van der Waals surface area contributed by atoms with Crippen molar-refractivity contribution in [3.63, 3.8) is 0 Å². The van der Waals surface area contributed by atoms with Crippen molar-refractivity contribution in [2.75, 3.05) is 14.7 Å². The lowest BCUT2D eigenvalue weighted by Crippen LogP contribution is -2.33. The number of anilines is 6. The van der Waals surface area contributed by atoms with Gasteiger partial charge in [0.05, 0.1) is 99.5 Å². The average Bonchev–Trinajstić information content (AvgIpc) is 1.61. The van der Waals surface area contributed by atoms with Crippen molar-refractivity contribution >= 4 is 52.1 Å². The topological polar surface area (TPSA) is 214 Å². The summed E-state index contributed by atoms with van der Waals surface area (Å²) in [6, 6.07) is 30.0. The molecule has 454 valence electrons. The summed E-state index contributed by atoms with van der Waals surface area (Å²) in [5, 5.41) is 4.46. The highest BCUT2D eigenvalue weighted by Gasteiger charge is 2.48. The molecule has 21 nitrogen and oxygen atoms in total. The molecule has 0 aliphatic carbocycles. The molecule has 3 amide bonds. The van der Waals surface area contributed by atoms with E-state index in [4.69, 9.17) is 0 Å². The van der Waals surface area contributed by atoms with Crippen LogP contribution in [0.4, 0.5) is 34.4 Å². The van der Waals surface area contributed by atoms with E-state index in [2.05, 4.69) is 50.0 Å². The quantitative estimate of drug-likeness (QED) is 0.132. The minimum atomic E-state index is -0.632. The molecule has 0 saturated carbocycles. The summed E-state index contributed by atoms with van der Waals surface area (Å²) in [5.41, 5.74) is 15.7. The number of benzene rings is 3. The van der Waals surface area contributed by atoms with Gasteiger partial charge in [-0.1, -0.05) is 36.4 Å². The Kier molecular flexibility index (Phi) is 14.4. The van der Waals surface area contributed by atoms with Gasteiger partial charge in [0.25, 0.3) is 0 Å². The lowest BCUT2D eigenvalue weighted by molar-refractivity contribution is -0.122. The van der Waals surface area contributed by atoms with Crippen LogP contribution in [0.3, 0.4) is 0 Å². The predicted molar refractivity (Wildman–Crippen MR) is 348 cm³/mol. The van der Waals surface area contributed by atoms with E-state index in [0.717, 1.165) is 102 Å². The molecule has 0 N–H and O–H groups in total. The fraction of sp³-hybridized carbons (Fsp3) is 0.214. The first-order chi connectivity index (χ1) is 43.5. The SMILES string of the molecule is Cc1cc(-n2cnc(-c3ccc4c(c3)N(c3ccn(C)n3)C(=O)C4(C)C)c2)ccn1.Cc1cc(-n2cnc(-c3ccc4c(c3)N(c3cnc(C)nc3)C(=O)C4(C)C)c2)ccn1.Cc1cnccc1-n1cnc(-c2ccc3c(c2)N(c2cn(C)cn2)C(=O)C3(C)C)c1. The van der Waals surface area contributed by atoms with E-state index in [1.54, 1.807) is 75.7 Å². The maximum atomic E-state index is 13.3. The average molecular weight is 1210 g/mol. The maximum Gasteiger partial charge on any atom is 0.242 e. The van der Waals surface area contributed by atoms with Crippen LogP contribution < -0.4 is 14.7 Å². The molecule has 0 bridgehead atoms. The summed E-state index contributed by atoms with van der Waals surface area (Å²) in [6.45, 7) is 19.5. The molecule has 0 fully saturated rings. The van der Waals surface area contributed by atoms with Crippen molar-refractivity contribution in [2.24, 2.45) is 14.1 Å². The third kappa shape index (κ3) is 10.5. The van der Waals surface area contributed by atoms with Gasteiger partial charge >= 0.3 is 0 Å². The molecule has 12 aromatic rings. The fourth-order valence-electron chi connectivity index (χ4n) is 11.9. The Labute approximate surface area is 526 Å². The predicted octanol–water partition coefficient (Wildman–Crippen LogP) is 12.2. The maximum absolute atomic E-state index is 13.3. The first-order valence-electron chi connectivity index (χ1n) is 29.7. The largest absolute Gasteiger partial charge is 0.338 e. The summed E-state index contributed by atoms with van der Waals surface area (Å²) in [6.07, 6.45) is 27.3. The molecule has 12 heterocycles. The molecular weight excluding hydrogens is 1140 g/mol. The summed E-state index contributed by atoms with van der Waals surface area (Å²) in [7, 11) is 3.74. The highest BCUT2D eigenvalue weighted by atomic mass is 16.2. The van der Waals surface area contributed by atoms with Crippen LogP contribution in [0.15, 0.2) is 184 Å². The second-order valence-electron chi connectivity index (χ2n) is 24.7. The molecule has 91 heavy (non-hydrogen) atoms. The van der Waals surface area contributed by atoms with Gasteiger partial charge in [0, 0.05) is 115 Å². The van der Waals surface area contributed by atoms with Gasteiger partial charge in [-0.2, -0.15) is 5.10 Å². The number of amides is 3. The molecule has 0 saturated heterocycles. The van der Waals surface area contributed by atoms with Crippen LogP contribution in [0.1, 0.15) is 81.0 Å². The van der Waals surface area contributed by atoms with Crippen LogP contribution in [0, 0.1) is 27.7 Å². The summed E-state index contributed by atoms with van der Waals surface area (Å²) in [5.74, 6) is 1.97. The van der Waals surface area contributed by atoms with Crippen molar-refractivity contribution in [3.05, 3.63) is 224 Å². The first-order valence-corrected chi connectivity index (χ1v) is 29.7. The van der Waals surface area contributed by atoms with Gasteiger partial charge in [0.2, 0.25) is 17.7 Å². The lowest BCUT2D eigenvalue weighted by Gasteiger charge is -2.20. The number of hydrogen-bond donors (Lipinski definition) is 0. The van der Waals surface area contributed by atoms with E-state index in [0.29, 0.717) is 23.1 Å². The number of pyridine rings is 3. The molecule has 0 atom stereocenters. The summed E-state index contributed by atoms with van der Waals surface area (Å²) >= 11 is 0. The molecule has 0 spiro atoms. The Morgan fingerprint density at radius 1 is 0.396 bits per heavy atom. The smallest absolute Gasteiger partial charge is 0.242 e. The van der Waals surface area contributed by atoms with Crippen molar-refractivity contribution in [3.8, 4) is 50.8 Å². The van der Waals surface area contributed by atoms with Gasteiger partial charge in [-0.3, -0.25) is 48.7 Å². The van der Waals surface area contributed by atoms with E-state index in [1.165, 1.54) is 0 Å². The van der Waals surface area contributed by atoms with Crippen LogP contribution in [-0.2, 0) is 44.7 Å². The van der Waals surface area contributed by atoms with Crippen LogP contribution >= 0.6 is 0 Å². The third-order valence-corrected chi connectivity index (χ3v) is 17.1. The van der Waals surface area contributed by atoms with Gasteiger partial charge in [-0.05, 0) is 140 Å². The zero-order valence-corrected chi connectivity index (χ0v) is 52.6. The number of rotatable bonds is 9. The van der Waals surface area contributed by atoms with Gasteiger partial charge < -0.3 is 18.3 Å². The van der Waals surface area contributed by atoms with Crippen molar-refractivity contribution in [1.82, 2.24) is 72.9 Å². The van der Waals surface area contributed by atoms with Crippen LogP contribution in [0.2, 0.25) is 0 Å². The Morgan fingerprint density at radius 2 is 0.857 bits per heavy atom. The Bertz CT molecular complexity index is 4830. The molecule has 21 heteroatoms. The van der Waals surface area contributed by atoms with Gasteiger partial charge in [-0.15, -0.1) is 0 Å². The zero-order chi connectivity index (χ0) is 63.8. The minimum absolute atomic E-state index is 0.00453. The Balaban J connectivity index is 0.000000125. The molecule has 0 unspecified atom stereocenters. The number of carbonyl (C=O) groups is 3. The van der Waals surface area contributed by atoms with E-state index >= 15 is 0 Å². The van der Waals surface area contributed by atoms with E-state index in [1.807, 2.05) is 230 Å². The number of imidazole rings is 4.